The van der Waals surface area contributed by atoms with E-state index in [0.717, 1.165) is 56.5 Å². The van der Waals surface area contributed by atoms with E-state index in [4.69, 9.17) is 9.47 Å². The Morgan fingerprint density at radius 2 is 2.12 bits per heavy atom. The average molecular weight is 354 g/mol. The van der Waals surface area contributed by atoms with Crippen LogP contribution >= 0.6 is 0 Å². The van der Waals surface area contributed by atoms with Gasteiger partial charge < -0.3 is 19.3 Å². The number of fused-ring (bicyclic) bond motifs is 2. The molecule has 1 aromatic heterocycles. The molecule has 6 nitrogen and oxygen atoms in total. The van der Waals surface area contributed by atoms with Crippen molar-refractivity contribution in [2.75, 3.05) is 51.8 Å². The first-order chi connectivity index (χ1) is 12.7. The number of benzene rings is 1. The molecule has 4 rings (SSSR count). The fraction of sp³-hybridized carbons (Fsp3) is 0.500. The maximum absolute atomic E-state index is 5.98. The number of rotatable bonds is 3. The molecule has 2 aliphatic heterocycles. The topological polar surface area (TPSA) is 50.7 Å². The van der Waals surface area contributed by atoms with Crippen LogP contribution in [0.2, 0.25) is 0 Å². The molecule has 1 saturated heterocycles. The lowest BCUT2D eigenvalue weighted by Crippen LogP contribution is -2.36. The predicted molar refractivity (Wildman–Crippen MR) is 101 cm³/mol. The fourth-order valence-corrected chi connectivity index (χ4v) is 3.84. The van der Waals surface area contributed by atoms with E-state index in [1.165, 1.54) is 11.1 Å². The molecule has 3 heterocycles. The van der Waals surface area contributed by atoms with E-state index >= 15 is 0 Å². The first-order valence-electron chi connectivity index (χ1n) is 9.21. The maximum Gasteiger partial charge on any atom is 0.136 e. The van der Waals surface area contributed by atoms with Gasteiger partial charge in [0, 0.05) is 37.5 Å². The van der Waals surface area contributed by atoms with Crippen molar-refractivity contribution < 1.29 is 9.47 Å². The van der Waals surface area contributed by atoms with Crippen LogP contribution in [0.15, 0.2) is 30.6 Å². The Kier molecular flexibility index (Phi) is 5.04. The van der Waals surface area contributed by atoms with Crippen LogP contribution in [-0.4, -0.2) is 61.8 Å². The second kappa shape index (κ2) is 7.60. The summed E-state index contributed by atoms with van der Waals surface area (Å²) in [5.74, 6) is 2.44. The Hall–Kier alpha value is -2.18. The molecule has 1 unspecified atom stereocenters. The van der Waals surface area contributed by atoms with Gasteiger partial charge in [0.15, 0.2) is 0 Å². The molecule has 0 bridgehead atoms. The van der Waals surface area contributed by atoms with Crippen molar-refractivity contribution in [3.05, 3.63) is 47.4 Å². The van der Waals surface area contributed by atoms with E-state index in [-0.39, 0.29) is 0 Å². The van der Waals surface area contributed by atoms with Crippen molar-refractivity contribution in [3.8, 4) is 5.75 Å². The number of hydrogen-bond donors (Lipinski definition) is 0. The number of ether oxygens (including phenoxy) is 2. The van der Waals surface area contributed by atoms with Crippen molar-refractivity contribution in [2.45, 2.75) is 13.0 Å². The Morgan fingerprint density at radius 3 is 3.00 bits per heavy atom. The third-order valence-corrected chi connectivity index (χ3v) is 4.98. The van der Waals surface area contributed by atoms with Crippen LogP contribution in [0.5, 0.6) is 5.75 Å². The molecule has 1 atom stereocenters. The molecular formula is C20H26N4O2. The highest BCUT2D eigenvalue weighted by atomic mass is 16.5. The van der Waals surface area contributed by atoms with Gasteiger partial charge in [0.25, 0.3) is 0 Å². The minimum Gasteiger partial charge on any atom is -0.487 e. The normalized spacial score (nSPS) is 20.0. The Balaban J connectivity index is 1.65. The highest BCUT2D eigenvalue weighted by Crippen LogP contribution is 2.32. The summed E-state index contributed by atoms with van der Waals surface area (Å²) < 4.78 is 11.8. The largest absolute Gasteiger partial charge is 0.487 e. The van der Waals surface area contributed by atoms with Gasteiger partial charge in [0.2, 0.25) is 0 Å². The van der Waals surface area contributed by atoms with Crippen molar-refractivity contribution in [1.29, 1.82) is 0 Å². The van der Waals surface area contributed by atoms with Gasteiger partial charge >= 0.3 is 0 Å². The van der Waals surface area contributed by atoms with E-state index in [1.807, 2.05) is 12.1 Å². The Labute approximate surface area is 154 Å². The fourth-order valence-electron chi connectivity index (χ4n) is 3.84. The molecule has 0 spiro atoms. The zero-order valence-electron chi connectivity index (χ0n) is 15.5. The first-order valence-corrected chi connectivity index (χ1v) is 9.21. The van der Waals surface area contributed by atoms with E-state index in [1.54, 1.807) is 6.33 Å². The van der Waals surface area contributed by atoms with Gasteiger partial charge in [-0.05, 0) is 25.7 Å². The lowest BCUT2D eigenvalue weighted by molar-refractivity contribution is 0.113. The van der Waals surface area contributed by atoms with E-state index in [9.17, 15) is 0 Å². The molecule has 0 aliphatic carbocycles. The predicted octanol–water partition coefficient (Wildman–Crippen LogP) is 1.97. The summed E-state index contributed by atoms with van der Waals surface area (Å²) in [4.78, 5) is 13.8. The molecule has 0 radical (unpaired) electrons. The summed E-state index contributed by atoms with van der Waals surface area (Å²) in [6.07, 6.45) is 2.47. The summed E-state index contributed by atoms with van der Waals surface area (Å²) in [6.45, 7) is 4.84. The van der Waals surface area contributed by atoms with Gasteiger partial charge in [0.1, 0.15) is 24.5 Å². The summed E-state index contributed by atoms with van der Waals surface area (Å²) in [6, 6.07) is 8.23. The Bertz CT molecular complexity index is 765. The zero-order chi connectivity index (χ0) is 17.9. The number of anilines is 1. The molecule has 26 heavy (non-hydrogen) atoms. The minimum absolute atomic E-state index is 0.465. The minimum atomic E-state index is 0.465. The van der Waals surface area contributed by atoms with Crippen LogP contribution in [0.1, 0.15) is 16.8 Å². The van der Waals surface area contributed by atoms with Gasteiger partial charge in [-0.15, -0.1) is 0 Å². The standard InChI is InChI=1S/C20H26N4O2/c1-23(2)10-15-11-24(7-8-25-12-15)20-17-9-16-5-3-4-6-19(16)26-13-18(17)21-14-22-20/h3-6,14-15H,7-13H2,1-2H3. The molecule has 2 aromatic rings. The number of para-hydroxylation sites is 1. The molecular weight excluding hydrogens is 328 g/mol. The van der Waals surface area contributed by atoms with Gasteiger partial charge in [-0.1, -0.05) is 18.2 Å². The third-order valence-electron chi connectivity index (χ3n) is 4.98. The van der Waals surface area contributed by atoms with Crippen LogP contribution in [0, 0.1) is 5.92 Å². The van der Waals surface area contributed by atoms with Crippen LogP contribution < -0.4 is 9.64 Å². The van der Waals surface area contributed by atoms with E-state index < -0.39 is 0 Å². The van der Waals surface area contributed by atoms with Crippen LogP contribution in [-0.2, 0) is 17.8 Å². The van der Waals surface area contributed by atoms with E-state index in [2.05, 4.69) is 46.0 Å². The molecule has 138 valence electrons. The molecule has 2 aliphatic rings. The van der Waals surface area contributed by atoms with Crippen LogP contribution in [0.25, 0.3) is 0 Å². The highest BCUT2D eigenvalue weighted by molar-refractivity contribution is 5.53. The molecule has 1 aromatic carbocycles. The summed E-state index contributed by atoms with van der Waals surface area (Å²) in [5.41, 5.74) is 3.36. The molecule has 1 fully saturated rings. The van der Waals surface area contributed by atoms with Crippen molar-refractivity contribution in [2.24, 2.45) is 5.92 Å². The Morgan fingerprint density at radius 1 is 1.23 bits per heavy atom. The molecule has 0 amide bonds. The second-order valence-electron chi connectivity index (χ2n) is 7.34. The third kappa shape index (κ3) is 3.66. The van der Waals surface area contributed by atoms with Gasteiger partial charge in [0.05, 0.1) is 18.9 Å². The highest BCUT2D eigenvalue weighted by Gasteiger charge is 2.25. The lowest BCUT2D eigenvalue weighted by Gasteiger charge is -2.28. The molecule has 0 saturated carbocycles. The van der Waals surface area contributed by atoms with Crippen molar-refractivity contribution in [3.63, 3.8) is 0 Å². The summed E-state index contributed by atoms with van der Waals surface area (Å²) >= 11 is 0. The lowest BCUT2D eigenvalue weighted by atomic mass is 10.0. The zero-order valence-corrected chi connectivity index (χ0v) is 15.5. The SMILES string of the molecule is CN(C)CC1COCCN(c2ncnc3c2Cc2ccccc2OC3)C1. The summed E-state index contributed by atoms with van der Waals surface area (Å²) in [5, 5.41) is 0. The van der Waals surface area contributed by atoms with Crippen molar-refractivity contribution in [1.82, 2.24) is 14.9 Å². The summed E-state index contributed by atoms with van der Waals surface area (Å²) in [7, 11) is 4.22. The van der Waals surface area contributed by atoms with Gasteiger partial charge in [-0.3, -0.25) is 0 Å². The number of nitrogens with zero attached hydrogens (tertiary/aromatic N) is 4. The van der Waals surface area contributed by atoms with E-state index in [0.29, 0.717) is 12.5 Å². The smallest absolute Gasteiger partial charge is 0.136 e. The van der Waals surface area contributed by atoms with Crippen LogP contribution in [0.3, 0.4) is 0 Å². The molecule has 0 N–H and O–H groups in total. The molecule has 6 heteroatoms. The van der Waals surface area contributed by atoms with Crippen LogP contribution in [0.4, 0.5) is 5.82 Å². The van der Waals surface area contributed by atoms with Gasteiger partial charge in [-0.2, -0.15) is 0 Å². The quantitative estimate of drug-likeness (QED) is 0.840. The second-order valence-corrected chi connectivity index (χ2v) is 7.34. The monoisotopic (exact) mass is 354 g/mol. The average Bonchev–Trinajstić information content (AvgIpc) is 2.97. The van der Waals surface area contributed by atoms with Crippen molar-refractivity contribution >= 4 is 5.82 Å². The first kappa shape index (κ1) is 17.2. The number of aromatic nitrogens is 2. The maximum atomic E-state index is 5.98. The van der Waals surface area contributed by atoms with Gasteiger partial charge in [-0.25, -0.2) is 9.97 Å². The number of hydrogen-bond acceptors (Lipinski definition) is 6.